The monoisotopic (exact) mass is 538 g/mol. The maximum absolute atomic E-state index is 12.8. The number of hydrogen-bond acceptors (Lipinski definition) is 5. The highest BCUT2D eigenvalue weighted by atomic mass is 35.5. The van der Waals surface area contributed by atoms with Crippen molar-refractivity contribution < 1.29 is 19.0 Å². The first-order valence-electron chi connectivity index (χ1n) is 12.2. The molecule has 196 valence electrons. The summed E-state index contributed by atoms with van der Waals surface area (Å²) in [6.07, 6.45) is 1.50. The molecule has 4 rings (SSSR count). The van der Waals surface area contributed by atoms with Crippen LogP contribution in [0.1, 0.15) is 22.3 Å². The lowest BCUT2D eigenvalue weighted by Gasteiger charge is -2.12. The fraction of sp³-hybridized carbons (Fsp3) is 0.125. The van der Waals surface area contributed by atoms with E-state index in [9.17, 15) is 10.1 Å². The number of benzene rings is 4. The second kappa shape index (κ2) is 13.2. The molecule has 0 atom stereocenters. The normalized spacial score (nSPS) is 10.9. The van der Waals surface area contributed by atoms with E-state index in [0.29, 0.717) is 46.7 Å². The van der Waals surface area contributed by atoms with Gasteiger partial charge in [-0.15, -0.1) is 0 Å². The second-order valence-electron chi connectivity index (χ2n) is 8.71. The minimum Gasteiger partial charge on any atom is -0.493 e. The molecule has 4 aromatic carbocycles. The Morgan fingerprint density at radius 1 is 0.923 bits per heavy atom. The standard InChI is InChI=1S/C32H27ClN2O4/c1-22-7-9-23(10-8-22)20-39-30-16-11-24(18-31(30)37-2)17-26(19-34)32(36)35-27-12-14-28(15-13-27)38-21-25-5-3-4-6-29(25)33/h3-18H,20-21H2,1-2H3,(H,35,36)/b26-17+. The molecule has 0 bridgehead atoms. The molecule has 0 saturated carbocycles. The van der Waals surface area contributed by atoms with E-state index in [1.165, 1.54) is 11.6 Å². The van der Waals surface area contributed by atoms with Crippen LogP contribution in [0, 0.1) is 18.3 Å². The number of rotatable bonds is 10. The molecule has 0 heterocycles. The van der Waals surface area contributed by atoms with Crippen molar-refractivity contribution in [1.29, 1.82) is 5.26 Å². The minimum atomic E-state index is -0.527. The molecular formula is C32H27ClN2O4. The maximum Gasteiger partial charge on any atom is 0.266 e. The van der Waals surface area contributed by atoms with Gasteiger partial charge in [0.05, 0.1) is 7.11 Å². The van der Waals surface area contributed by atoms with E-state index in [1.54, 1.807) is 49.6 Å². The Morgan fingerprint density at radius 2 is 1.67 bits per heavy atom. The number of anilines is 1. The van der Waals surface area contributed by atoms with E-state index in [-0.39, 0.29) is 5.57 Å². The molecule has 0 radical (unpaired) electrons. The lowest BCUT2D eigenvalue weighted by Crippen LogP contribution is -2.13. The lowest BCUT2D eigenvalue weighted by atomic mass is 10.1. The van der Waals surface area contributed by atoms with Crippen LogP contribution in [-0.2, 0) is 18.0 Å². The molecule has 39 heavy (non-hydrogen) atoms. The van der Waals surface area contributed by atoms with Crippen LogP contribution < -0.4 is 19.5 Å². The van der Waals surface area contributed by atoms with Crippen LogP contribution in [0.3, 0.4) is 0 Å². The van der Waals surface area contributed by atoms with Crippen LogP contribution >= 0.6 is 11.6 Å². The fourth-order valence-electron chi connectivity index (χ4n) is 3.66. The molecule has 0 aliphatic heterocycles. The Bertz CT molecular complexity index is 1510. The van der Waals surface area contributed by atoms with E-state index in [4.69, 9.17) is 25.8 Å². The third-order valence-electron chi connectivity index (χ3n) is 5.84. The summed E-state index contributed by atoms with van der Waals surface area (Å²) in [6, 6.07) is 29.7. The first-order valence-corrected chi connectivity index (χ1v) is 12.6. The molecule has 1 amide bonds. The summed E-state index contributed by atoms with van der Waals surface area (Å²) in [6.45, 7) is 2.75. The van der Waals surface area contributed by atoms with E-state index < -0.39 is 5.91 Å². The first-order chi connectivity index (χ1) is 18.9. The van der Waals surface area contributed by atoms with Crippen molar-refractivity contribution in [3.8, 4) is 23.3 Å². The van der Waals surface area contributed by atoms with Gasteiger partial charge in [-0.2, -0.15) is 5.26 Å². The molecule has 0 aliphatic carbocycles. The van der Waals surface area contributed by atoms with Gasteiger partial charge in [-0.1, -0.05) is 65.7 Å². The number of hydrogen-bond donors (Lipinski definition) is 1. The Labute approximate surface area is 233 Å². The van der Waals surface area contributed by atoms with E-state index in [0.717, 1.165) is 11.1 Å². The third-order valence-corrected chi connectivity index (χ3v) is 6.21. The third kappa shape index (κ3) is 7.64. The van der Waals surface area contributed by atoms with Crippen LogP contribution in [0.15, 0.2) is 96.6 Å². The summed E-state index contributed by atoms with van der Waals surface area (Å²) in [5.74, 6) is 1.16. The molecule has 0 aliphatic rings. The van der Waals surface area contributed by atoms with Crippen molar-refractivity contribution in [2.75, 3.05) is 12.4 Å². The summed E-state index contributed by atoms with van der Waals surface area (Å²) in [7, 11) is 1.54. The van der Waals surface area contributed by atoms with Crippen molar-refractivity contribution in [3.05, 3.63) is 124 Å². The zero-order valence-electron chi connectivity index (χ0n) is 21.6. The Morgan fingerprint density at radius 3 is 2.36 bits per heavy atom. The van der Waals surface area contributed by atoms with Crippen molar-refractivity contribution in [2.45, 2.75) is 20.1 Å². The molecule has 0 spiro atoms. The number of halogens is 1. The zero-order chi connectivity index (χ0) is 27.6. The van der Waals surface area contributed by atoms with Gasteiger partial charge in [0, 0.05) is 16.3 Å². The molecule has 0 unspecified atom stereocenters. The number of methoxy groups -OCH3 is 1. The topological polar surface area (TPSA) is 80.6 Å². The Kier molecular flexibility index (Phi) is 9.23. The van der Waals surface area contributed by atoms with Gasteiger partial charge in [-0.25, -0.2) is 0 Å². The Balaban J connectivity index is 1.38. The van der Waals surface area contributed by atoms with E-state index >= 15 is 0 Å². The second-order valence-corrected chi connectivity index (χ2v) is 9.12. The number of ether oxygens (including phenoxy) is 3. The summed E-state index contributed by atoms with van der Waals surface area (Å²) >= 11 is 6.17. The number of nitrogens with zero attached hydrogens (tertiary/aromatic N) is 1. The summed E-state index contributed by atoms with van der Waals surface area (Å²) in [5.41, 5.74) is 4.20. The van der Waals surface area contributed by atoms with Gasteiger partial charge in [0.15, 0.2) is 11.5 Å². The number of amides is 1. The van der Waals surface area contributed by atoms with Gasteiger partial charge in [0.2, 0.25) is 0 Å². The predicted molar refractivity (Wildman–Crippen MR) is 153 cm³/mol. The van der Waals surface area contributed by atoms with Gasteiger partial charge >= 0.3 is 0 Å². The van der Waals surface area contributed by atoms with Crippen LogP contribution in [0.5, 0.6) is 17.2 Å². The van der Waals surface area contributed by atoms with Crippen LogP contribution in [0.4, 0.5) is 5.69 Å². The smallest absolute Gasteiger partial charge is 0.266 e. The number of carbonyl (C=O) groups excluding carboxylic acids is 1. The molecule has 0 aromatic heterocycles. The number of nitrogens with one attached hydrogen (secondary N) is 1. The van der Waals surface area contributed by atoms with Crippen molar-refractivity contribution in [1.82, 2.24) is 0 Å². The molecule has 7 heteroatoms. The predicted octanol–water partition coefficient (Wildman–Crippen LogP) is 7.36. The summed E-state index contributed by atoms with van der Waals surface area (Å²) in [4.78, 5) is 12.8. The average molecular weight is 539 g/mol. The fourth-order valence-corrected chi connectivity index (χ4v) is 3.85. The molecule has 4 aromatic rings. The van der Waals surface area contributed by atoms with E-state index in [2.05, 4.69) is 5.32 Å². The van der Waals surface area contributed by atoms with Gasteiger partial charge < -0.3 is 19.5 Å². The average Bonchev–Trinajstić information content (AvgIpc) is 2.96. The van der Waals surface area contributed by atoms with Gasteiger partial charge in [-0.3, -0.25) is 4.79 Å². The molecule has 0 saturated heterocycles. The number of nitriles is 1. The minimum absolute atomic E-state index is 0.0515. The van der Waals surface area contributed by atoms with Crippen molar-refractivity contribution in [2.24, 2.45) is 0 Å². The van der Waals surface area contributed by atoms with Crippen LogP contribution in [0.25, 0.3) is 6.08 Å². The summed E-state index contributed by atoms with van der Waals surface area (Å²) in [5, 5.41) is 13.0. The lowest BCUT2D eigenvalue weighted by molar-refractivity contribution is -0.112. The van der Waals surface area contributed by atoms with Crippen molar-refractivity contribution >= 4 is 29.3 Å². The highest BCUT2D eigenvalue weighted by Crippen LogP contribution is 2.30. The molecule has 1 N–H and O–H groups in total. The highest BCUT2D eigenvalue weighted by molar-refractivity contribution is 6.31. The van der Waals surface area contributed by atoms with Gasteiger partial charge in [-0.05, 0) is 66.6 Å². The number of carbonyl (C=O) groups is 1. The summed E-state index contributed by atoms with van der Waals surface area (Å²) < 4.78 is 17.2. The highest BCUT2D eigenvalue weighted by Gasteiger charge is 2.12. The molecule has 0 fully saturated rings. The zero-order valence-corrected chi connectivity index (χ0v) is 22.4. The largest absolute Gasteiger partial charge is 0.493 e. The van der Waals surface area contributed by atoms with Crippen LogP contribution in [-0.4, -0.2) is 13.0 Å². The SMILES string of the molecule is COc1cc(/C=C(\C#N)C(=O)Nc2ccc(OCc3ccccc3Cl)cc2)ccc1OCc1ccc(C)cc1. The maximum atomic E-state index is 12.8. The molecular weight excluding hydrogens is 512 g/mol. The van der Waals surface area contributed by atoms with Crippen molar-refractivity contribution in [3.63, 3.8) is 0 Å². The number of aryl methyl sites for hydroxylation is 1. The van der Waals surface area contributed by atoms with Gasteiger partial charge in [0.25, 0.3) is 5.91 Å². The quantitative estimate of drug-likeness (QED) is 0.168. The Hall–Kier alpha value is -4.73. The van der Waals surface area contributed by atoms with Gasteiger partial charge in [0.1, 0.15) is 30.6 Å². The van der Waals surface area contributed by atoms with E-state index in [1.807, 2.05) is 61.5 Å². The first kappa shape index (κ1) is 27.3. The molecule has 6 nitrogen and oxygen atoms in total. The van der Waals surface area contributed by atoms with Crippen LogP contribution in [0.2, 0.25) is 5.02 Å².